The van der Waals surface area contributed by atoms with E-state index >= 15 is 0 Å². The van der Waals surface area contributed by atoms with Crippen LogP contribution < -0.4 is 11.2 Å². The van der Waals surface area contributed by atoms with Gasteiger partial charge < -0.3 is 15.9 Å². The van der Waals surface area contributed by atoms with Crippen molar-refractivity contribution in [2.24, 2.45) is 0 Å². The zero-order chi connectivity index (χ0) is 20.5. The first-order valence-electron chi connectivity index (χ1n) is 8.44. The zero-order valence-electron chi connectivity index (χ0n) is 14.8. The van der Waals surface area contributed by atoms with Gasteiger partial charge in [-0.2, -0.15) is 0 Å². The first-order chi connectivity index (χ1) is 13.9. The van der Waals surface area contributed by atoms with Gasteiger partial charge in [-0.25, -0.2) is 9.66 Å². The van der Waals surface area contributed by atoms with Gasteiger partial charge in [0.1, 0.15) is 22.3 Å². The lowest BCUT2D eigenvalue weighted by molar-refractivity contribution is 0.101. The molecule has 0 saturated carbocycles. The Morgan fingerprint density at radius 2 is 1.79 bits per heavy atom. The van der Waals surface area contributed by atoms with Crippen molar-refractivity contribution in [2.45, 2.75) is 0 Å². The van der Waals surface area contributed by atoms with Crippen LogP contribution in [-0.2, 0) is 0 Å². The Balaban J connectivity index is 1.61. The molecule has 2 heterocycles. The van der Waals surface area contributed by atoms with E-state index in [-0.39, 0.29) is 17.3 Å². The third kappa shape index (κ3) is 3.75. The summed E-state index contributed by atoms with van der Waals surface area (Å²) in [5.41, 5.74) is 11.0. The van der Waals surface area contributed by atoms with E-state index in [9.17, 15) is 15.0 Å². The first-order valence-corrected chi connectivity index (χ1v) is 9.70. The van der Waals surface area contributed by atoms with Gasteiger partial charge >= 0.3 is 0 Å². The number of aromatic hydroxyl groups is 2. The molecule has 7 nitrogen and oxygen atoms in total. The van der Waals surface area contributed by atoms with Crippen LogP contribution in [0.1, 0.15) is 10.4 Å². The van der Waals surface area contributed by atoms with Crippen LogP contribution in [0, 0.1) is 0 Å². The smallest absolute Gasteiger partial charge is 0.270 e. The van der Waals surface area contributed by atoms with Gasteiger partial charge in [-0.1, -0.05) is 23.7 Å². The molecular weight excluding hydrogens is 412 g/mol. The quantitative estimate of drug-likeness (QED) is 0.388. The van der Waals surface area contributed by atoms with Gasteiger partial charge in [0.2, 0.25) is 0 Å². The number of nitrogens with two attached hydrogens (primary N) is 1. The fourth-order valence-electron chi connectivity index (χ4n) is 2.75. The molecule has 2 aromatic heterocycles. The minimum atomic E-state index is -0.445. The van der Waals surface area contributed by atoms with Crippen LogP contribution in [0.3, 0.4) is 0 Å². The Bertz CT molecular complexity index is 1180. The van der Waals surface area contributed by atoms with Crippen molar-refractivity contribution < 1.29 is 15.0 Å². The fraction of sp³-hybridized carbons (Fsp3) is 0. The van der Waals surface area contributed by atoms with E-state index in [1.54, 1.807) is 12.1 Å². The van der Waals surface area contributed by atoms with Crippen LogP contribution in [0.2, 0.25) is 5.02 Å². The third-order valence-corrected chi connectivity index (χ3v) is 5.34. The molecule has 9 heteroatoms. The molecule has 0 aliphatic rings. The molecule has 0 spiro atoms. The molecular formula is C20H15ClN4O3S. The summed E-state index contributed by atoms with van der Waals surface area (Å²) in [5.74, 6) is -0.349. The Morgan fingerprint density at radius 3 is 2.48 bits per heavy atom. The van der Waals surface area contributed by atoms with Crippen molar-refractivity contribution in [3.8, 4) is 33.3 Å². The van der Waals surface area contributed by atoms with E-state index < -0.39 is 5.91 Å². The molecule has 0 radical (unpaired) electrons. The van der Waals surface area contributed by atoms with Gasteiger partial charge in [-0.15, -0.1) is 11.3 Å². The Morgan fingerprint density at radius 1 is 1.10 bits per heavy atom. The summed E-state index contributed by atoms with van der Waals surface area (Å²) >= 11 is 7.24. The largest absolute Gasteiger partial charge is 0.508 e. The van der Waals surface area contributed by atoms with E-state index in [1.807, 2.05) is 17.5 Å². The van der Waals surface area contributed by atoms with E-state index in [1.165, 1.54) is 46.5 Å². The number of nitrogens with one attached hydrogen (secondary N) is 1. The van der Waals surface area contributed by atoms with E-state index in [0.717, 1.165) is 11.3 Å². The maximum absolute atomic E-state index is 12.4. The van der Waals surface area contributed by atoms with E-state index in [4.69, 9.17) is 17.3 Å². The Hall–Kier alpha value is -3.49. The number of amides is 1. The third-order valence-electron chi connectivity index (χ3n) is 4.23. The monoisotopic (exact) mass is 426 g/mol. The SMILES string of the molecule is Nc1c(-c2nc(-c3ccc(Cl)cc3)cs2)c(O)cn1NC(=O)c1ccc(O)cc1. The molecule has 5 N–H and O–H groups in total. The summed E-state index contributed by atoms with van der Waals surface area (Å²) in [5, 5.41) is 22.7. The summed E-state index contributed by atoms with van der Waals surface area (Å²) < 4.78 is 1.24. The molecule has 146 valence electrons. The van der Waals surface area contributed by atoms with E-state index in [2.05, 4.69) is 10.4 Å². The zero-order valence-corrected chi connectivity index (χ0v) is 16.4. The first kappa shape index (κ1) is 18.9. The number of thiazole rings is 1. The Labute approximate surface area is 174 Å². The van der Waals surface area contributed by atoms with Crippen molar-refractivity contribution in [3.63, 3.8) is 0 Å². The average Bonchev–Trinajstić information content (AvgIpc) is 3.27. The second-order valence-electron chi connectivity index (χ2n) is 6.18. The lowest BCUT2D eigenvalue weighted by atomic mass is 10.2. The highest BCUT2D eigenvalue weighted by Gasteiger charge is 2.20. The number of benzene rings is 2. The van der Waals surface area contributed by atoms with Crippen molar-refractivity contribution in [1.82, 2.24) is 9.66 Å². The van der Waals surface area contributed by atoms with Gasteiger partial charge in [-0.3, -0.25) is 10.2 Å². The molecule has 0 aliphatic heterocycles. The minimum Gasteiger partial charge on any atom is -0.508 e. The number of nitrogens with zero attached hydrogens (tertiary/aromatic N) is 2. The van der Waals surface area contributed by atoms with Crippen LogP contribution in [0.15, 0.2) is 60.1 Å². The number of hydrogen-bond donors (Lipinski definition) is 4. The number of rotatable bonds is 4. The standard InChI is InChI=1S/C20H15ClN4O3S/c21-13-5-1-11(2-6-13)15-10-29-20(23-15)17-16(27)9-25(18(17)22)24-19(28)12-3-7-14(26)8-4-12/h1-10,26-27H,22H2,(H,24,28). The fourth-order valence-corrected chi connectivity index (χ4v) is 3.76. The van der Waals surface area contributed by atoms with Gasteiger partial charge in [0.25, 0.3) is 5.91 Å². The summed E-state index contributed by atoms with van der Waals surface area (Å²) in [4.78, 5) is 16.9. The summed E-state index contributed by atoms with van der Waals surface area (Å²) in [6.07, 6.45) is 1.31. The lowest BCUT2D eigenvalue weighted by Crippen LogP contribution is -2.23. The minimum absolute atomic E-state index is 0.0576. The second kappa shape index (κ2) is 7.50. The summed E-state index contributed by atoms with van der Waals surface area (Å²) in [6.45, 7) is 0. The molecule has 2 aromatic carbocycles. The predicted octanol–water partition coefficient (Wildman–Crippen LogP) is 4.31. The van der Waals surface area contributed by atoms with Gasteiger partial charge in [0, 0.05) is 21.5 Å². The molecule has 0 bridgehead atoms. The number of carbonyl (C=O) groups is 1. The molecule has 1 amide bonds. The number of phenolic OH excluding ortho intramolecular Hbond substituents is 1. The molecule has 0 unspecified atom stereocenters. The normalized spacial score (nSPS) is 10.8. The molecule has 0 fully saturated rings. The molecule has 4 aromatic rings. The highest BCUT2D eigenvalue weighted by molar-refractivity contribution is 7.13. The highest BCUT2D eigenvalue weighted by atomic mass is 35.5. The van der Waals surface area contributed by atoms with Crippen molar-refractivity contribution in [1.29, 1.82) is 0 Å². The number of phenols is 1. The average molecular weight is 427 g/mol. The molecule has 0 aliphatic carbocycles. The van der Waals surface area contributed by atoms with Gasteiger partial charge in [-0.05, 0) is 36.4 Å². The number of nitrogen functional groups attached to an aromatic ring is 1. The molecule has 0 saturated heterocycles. The number of anilines is 1. The lowest BCUT2D eigenvalue weighted by Gasteiger charge is -2.08. The van der Waals surface area contributed by atoms with Crippen LogP contribution in [-0.4, -0.2) is 25.8 Å². The van der Waals surface area contributed by atoms with Crippen molar-refractivity contribution in [3.05, 3.63) is 70.7 Å². The number of aromatic nitrogens is 2. The van der Waals surface area contributed by atoms with Crippen LogP contribution >= 0.6 is 22.9 Å². The number of halogens is 1. The second-order valence-corrected chi connectivity index (χ2v) is 7.47. The Kier molecular flexibility index (Phi) is 4.87. The number of carbonyl (C=O) groups excluding carboxylic acids is 1. The predicted molar refractivity (Wildman–Crippen MR) is 114 cm³/mol. The summed E-state index contributed by atoms with van der Waals surface area (Å²) in [7, 11) is 0. The maximum Gasteiger partial charge on any atom is 0.270 e. The molecule has 29 heavy (non-hydrogen) atoms. The molecule has 0 atom stereocenters. The van der Waals surface area contributed by atoms with Gasteiger partial charge in [0.15, 0.2) is 0 Å². The van der Waals surface area contributed by atoms with Crippen molar-refractivity contribution >= 4 is 34.7 Å². The maximum atomic E-state index is 12.4. The van der Waals surface area contributed by atoms with Gasteiger partial charge in [0.05, 0.1) is 17.5 Å². The molecule has 4 rings (SSSR count). The topological polar surface area (TPSA) is 113 Å². The van der Waals surface area contributed by atoms with E-state index in [0.29, 0.717) is 21.2 Å². The van der Waals surface area contributed by atoms with Crippen LogP contribution in [0.25, 0.3) is 21.8 Å². The summed E-state index contributed by atoms with van der Waals surface area (Å²) in [6, 6.07) is 13.0. The van der Waals surface area contributed by atoms with Crippen molar-refractivity contribution in [2.75, 3.05) is 11.2 Å². The number of hydrogen-bond acceptors (Lipinski definition) is 6. The van der Waals surface area contributed by atoms with Crippen LogP contribution in [0.5, 0.6) is 11.5 Å². The highest BCUT2D eigenvalue weighted by Crippen LogP contribution is 2.39. The van der Waals surface area contributed by atoms with Crippen LogP contribution in [0.4, 0.5) is 5.82 Å².